The number of aromatic nitrogens is 2. The summed E-state index contributed by atoms with van der Waals surface area (Å²) in [5.74, 6) is 0.418. The van der Waals surface area contributed by atoms with Crippen LogP contribution in [0.1, 0.15) is 25.5 Å². The van der Waals surface area contributed by atoms with Gasteiger partial charge in [-0.1, -0.05) is 13.8 Å². The Bertz CT molecular complexity index is 452. The minimum absolute atomic E-state index is 0.418. The van der Waals surface area contributed by atoms with Gasteiger partial charge in [-0.25, -0.2) is 9.97 Å². The van der Waals surface area contributed by atoms with Crippen LogP contribution >= 0.6 is 27.3 Å². The summed E-state index contributed by atoms with van der Waals surface area (Å²) in [4.78, 5) is 8.72. The molecule has 15 heavy (non-hydrogen) atoms. The van der Waals surface area contributed by atoms with Gasteiger partial charge in [-0.15, -0.1) is 0 Å². The lowest BCUT2D eigenvalue weighted by molar-refractivity contribution is 0.808. The molecular weight excluding hydrogens is 272 g/mol. The molecule has 4 heteroatoms. The van der Waals surface area contributed by atoms with E-state index in [-0.39, 0.29) is 0 Å². The van der Waals surface area contributed by atoms with E-state index in [1.54, 1.807) is 11.3 Å². The van der Waals surface area contributed by atoms with Gasteiger partial charge in [-0.05, 0) is 39.4 Å². The minimum Gasteiger partial charge on any atom is -0.227 e. The van der Waals surface area contributed by atoms with Crippen LogP contribution in [0.3, 0.4) is 0 Å². The molecule has 2 aromatic heterocycles. The number of rotatable bonds is 2. The van der Waals surface area contributed by atoms with E-state index in [1.807, 2.05) is 0 Å². The highest BCUT2D eigenvalue weighted by molar-refractivity contribution is 9.10. The predicted molar refractivity (Wildman–Crippen MR) is 67.1 cm³/mol. The SMILES string of the molecule is CC(C)c1cc(-c2ccsc2)nc(Br)n1. The molecule has 0 N–H and O–H groups in total. The Balaban J connectivity index is 2.49. The number of nitrogens with zero attached hydrogens (tertiary/aromatic N) is 2. The molecule has 0 atom stereocenters. The van der Waals surface area contributed by atoms with Crippen molar-refractivity contribution in [3.05, 3.63) is 33.3 Å². The van der Waals surface area contributed by atoms with E-state index in [0.717, 1.165) is 17.0 Å². The zero-order valence-corrected chi connectivity index (χ0v) is 11.0. The molecule has 0 unspecified atom stereocenters. The number of halogens is 1. The second-order valence-corrected chi connectivity index (χ2v) is 5.10. The van der Waals surface area contributed by atoms with Crippen molar-refractivity contribution in [2.75, 3.05) is 0 Å². The van der Waals surface area contributed by atoms with Crippen molar-refractivity contribution in [1.82, 2.24) is 9.97 Å². The van der Waals surface area contributed by atoms with E-state index in [1.165, 1.54) is 0 Å². The highest BCUT2D eigenvalue weighted by Crippen LogP contribution is 2.24. The van der Waals surface area contributed by atoms with Crippen molar-refractivity contribution in [3.63, 3.8) is 0 Å². The summed E-state index contributed by atoms with van der Waals surface area (Å²) < 4.78 is 0.662. The van der Waals surface area contributed by atoms with E-state index < -0.39 is 0 Å². The molecule has 2 nitrogen and oxygen atoms in total. The standard InChI is InChI=1S/C11H11BrN2S/c1-7(2)9-5-10(14-11(12)13-9)8-3-4-15-6-8/h3-7H,1-2H3. The van der Waals surface area contributed by atoms with Crippen LogP contribution in [0.25, 0.3) is 11.3 Å². The summed E-state index contributed by atoms with van der Waals surface area (Å²) in [6, 6.07) is 4.13. The van der Waals surface area contributed by atoms with Crippen molar-refractivity contribution < 1.29 is 0 Å². The molecule has 0 aliphatic rings. The van der Waals surface area contributed by atoms with Crippen molar-refractivity contribution in [2.45, 2.75) is 19.8 Å². The van der Waals surface area contributed by atoms with Gasteiger partial charge in [0, 0.05) is 16.6 Å². The van der Waals surface area contributed by atoms with Crippen LogP contribution < -0.4 is 0 Å². The van der Waals surface area contributed by atoms with Crippen molar-refractivity contribution in [3.8, 4) is 11.3 Å². The van der Waals surface area contributed by atoms with E-state index >= 15 is 0 Å². The van der Waals surface area contributed by atoms with Gasteiger partial charge in [0.2, 0.25) is 0 Å². The highest BCUT2D eigenvalue weighted by atomic mass is 79.9. The van der Waals surface area contributed by atoms with E-state index in [0.29, 0.717) is 10.7 Å². The number of hydrogen-bond acceptors (Lipinski definition) is 3. The maximum atomic E-state index is 4.37. The van der Waals surface area contributed by atoms with E-state index in [2.05, 4.69) is 62.6 Å². The molecule has 0 aromatic carbocycles. The van der Waals surface area contributed by atoms with Crippen LogP contribution in [0.4, 0.5) is 0 Å². The Kier molecular flexibility index (Phi) is 3.17. The van der Waals surface area contributed by atoms with Gasteiger partial charge >= 0.3 is 0 Å². The number of thiophene rings is 1. The van der Waals surface area contributed by atoms with Crippen LogP contribution in [0.5, 0.6) is 0 Å². The van der Waals surface area contributed by atoms with Crippen LogP contribution in [0, 0.1) is 0 Å². The molecule has 0 aliphatic carbocycles. The lowest BCUT2D eigenvalue weighted by atomic mass is 10.1. The fourth-order valence-electron chi connectivity index (χ4n) is 1.29. The first-order valence-electron chi connectivity index (χ1n) is 4.74. The third kappa shape index (κ3) is 2.44. The third-order valence-corrected chi connectivity index (χ3v) is 3.17. The Morgan fingerprint density at radius 3 is 2.73 bits per heavy atom. The maximum Gasteiger partial charge on any atom is 0.197 e. The van der Waals surface area contributed by atoms with Crippen LogP contribution in [0.2, 0.25) is 0 Å². The maximum absolute atomic E-state index is 4.37. The zero-order chi connectivity index (χ0) is 10.8. The molecule has 2 heterocycles. The minimum atomic E-state index is 0.418. The molecule has 0 saturated heterocycles. The van der Waals surface area contributed by atoms with Crippen LogP contribution in [-0.4, -0.2) is 9.97 Å². The Morgan fingerprint density at radius 1 is 1.33 bits per heavy atom. The monoisotopic (exact) mass is 282 g/mol. The Morgan fingerprint density at radius 2 is 2.13 bits per heavy atom. The van der Waals surface area contributed by atoms with Crippen LogP contribution in [0.15, 0.2) is 27.6 Å². The molecular formula is C11H11BrN2S. The molecule has 0 spiro atoms. The number of hydrogen-bond donors (Lipinski definition) is 0. The van der Waals surface area contributed by atoms with Gasteiger partial charge < -0.3 is 0 Å². The Labute approximate surface area is 102 Å². The van der Waals surface area contributed by atoms with Crippen molar-refractivity contribution in [2.24, 2.45) is 0 Å². The highest BCUT2D eigenvalue weighted by Gasteiger charge is 2.07. The largest absolute Gasteiger partial charge is 0.227 e. The van der Waals surface area contributed by atoms with Crippen LogP contribution in [-0.2, 0) is 0 Å². The quantitative estimate of drug-likeness (QED) is 0.776. The molecule has 2 aromatic rings. The van der Waals surface area contributed by atoms with Gasteiger partial charge in [0.15, 0.2) is 4.73 Å². The second-order valence-electron chi connectivity index (χ2n) is 3.61. The van der Waals surface area contributed by atoms with Gasteiger partial charge in [0.05, 0.1) is 5.69 Å². The zero-order valence-electron chi connectivity index (χ0n) is 8.57. The van der Waals surface area contributed by atoms with E-state index in [4.69, 9.17) is 0 Å². The third-order valence-electron chi connectivity index (χ3n) is 2.13. The van der Waals surface area contributed by atoms with E-state index in [9.17, 15) is 0 Å². The molecule has 0 aliphatic heterocycles. The molecule has 0 fully saturated rings. The fourth-order valence-corrected chi connectivity index (χ4v) is 2.33. The smallest absolute Gasteiger partial charge is 0.197 e. The lowest BCUT2D eigenvalue weighted by Crippen LogP contribution is -1.96. The van der Waals surface area contributed by atoms with Gasteiger partial charge in [-0.3, -0.25) is 0 Å². The summed E-state index contributed by atoms with van der Waals surface area (Å²) in [5, 5.41) is 4.15. The molecule has 2 rings (SSSR count). The topological polar surface area (TPSA) is 25.8 Å². The molecule has 78 valence electrons. The van der Waals surface area contributed by atoms with Gasteiger partial charge in [0.1, 0.15) is 0 Å². The van der Waals surface area contributed by atoms with Gasteiger partial charge in [-0.2, -0.15) is 11.3 Å². The first-order chi connectivity index (χ1) is 7.16. The summed E-state index contributed by atoms with van der Waals surface area (Å²) in [7, 11) is 0. The normalized spacial score (nSPS) is 10.9. The summed E-state index contributed by atoms with van der Waals surface area (Å²) in [5.41, 5.74) is 3.21. The molecule has 0 saturated carbocycles. The van der Waals surface area contributed by atoms with Crippen molar-refractivity contribution >= 4 is 27.3 Å². The first-order valence-corrected chi connectivity index (χ1v) is 6.47. The summed E-state index contributed by atoms with van der Waals surface area (Å²) >= 11 is 5.03. The lowest BCUT2D eigenvalue weighted by Gasteiger charge is -2.06. The van der Waals surface area contributed by atoms with Gasteiger partial charge in [0.25, 0.3) is 0 Å². The molecule has 0 amide bonds. The summed E-state index contributed by atoms with van der Waals surface area (Å²) in [6.07, 6.45) is 0. The first kappa shape index (κ1) is 10.8. The average molecular weight is 283 g/mol. The molecule has 0 radical (unpaired) electrons. The Hall–Kier alpha value is -0.740. The average Bonchev–Trinajstić information content (AvgIpc) is 2.69. The van der Waals surface area contributed by atoms with Crippen molar-refractivity contribution in [1.29, 1.82) is 0 Å². The predicted octanol–water partition coefficient (Wildman–Crippen LogP) is 4.09. The second kappa shape index (κ2) is 4.41. The summed E-state index contributed by atoms with van der Waals surface area (Å²) in [6.45, 7) is 4.26. The molecule has 0 bridgehead atoms. The fraction of sp³-hybridized carbons (Fsp3) is 0.273.